The van der Waals surface area contributed by atoms with Gasteiger partial charge in [-0.2, -0.15) is 0 Å². The Labute approximate surface area is 112 Å². The van der Waals surface area contributed by atoms with Gasteiger partial charge >= 0.3 is 0 Å². The molecule has 1 aromatic carbocycles. The van der Waals surface area contributed by atoms with E-state index in [0.29, 0.717) is 6.42 Å². The van der Waals surface area contributed by atoms with Crippen molar-refractivity contribution in [1.29, 1.82) is 0 Å². The summed E-state index contributed by atoms with van der Waals surface area (Å²) in [6.45, 7) is 2.19. The van der Waals surface area contributed by atoms with E-state index < -0.39 is 0 Å². The lowest BCUT2D eigenvalue weighted by atomic mass is 10.1. The van der Waals surface area contributed by atoms with Crippen molar-refractivity contribution in [3.63, 3.8) is 0 Å². The average molecular weight is 259 g/mol. The fraction of sp³-hybridized carbons (Fsp3) is 0.333. The summed E-state index contributed by atoms with van der Waals surface area (Å²) in [7, 11) is 0. The molecule has 0 saturated carbocycles. The van der Waals surface area contributed by atoms with Gasteiger partial charge in [0.2, 0.25) is 0 Å². The van der Waals surface area contributed by atoms with Crippen molar-refractivity contribution < 1.29 is 4.79 Å². The van der Waals surface area contributed by atoms with Crippen LogP contribution in [0, 0.1) is 0 Å². The number of carbonyl (C=O) groups is 1. The van der Waals surface area contributed by atoms with Gasteiger partial charge in [-0.25, -0.2) is 4.98 Å². The van der Waals surface area contributed by atoms with Gasteiger partial charge in [0.25, 0.3) is 0 Å². The van der Waals surface area contributed by atoms with E-state index in [4.69, 9.17) is 0 Å². The monoisotopic (exact) mass is 259 g/mol. The van der Waals surface area contributed by atoms with Crippen LogP contribution in [0.25, 0.3) is 11.3 Å². The predicted molar refractivity (Wildman–Crippen MR) is 75.9 cm³/mol. The zero-order chi connectivity index (χ0) is 12.8. The Morgan fingerprint density at radius 1 is 1.22 bits per heavy atom. The molecule has 0 saturated heterocycles. The molecular weight excluding hydrogens is 242 g/mol. The molecule has 2 rings (SSSR count). The maximum absolute atomic E-state index is 10.3. The second kappa shape index (κ2) is 6.45. The van der Waals surface area contributed by atoms with E-state index in [1.807, 2.05) is 0 Å². The Balaban J connectivity index is 2.10. The minimum atomic E-state index is 0.558. The van der Waals surface area contributed by atoms with Crippen molar-refractivity contribution >= 4 is 17.6 Å². The Morgan fingerprint density at radius 3 is 2.67 bits per heavy atom. The molecule has 1 heterocycles. The van der Waals surface area contributed by atoms with Gasteiger partial charge in [-0.3, -0.25) is 0 Å². The second-order valence-corrected chi connectivity index (χ2v) is 5.22. The first-order valence-corrected chi connectivity index (χ1v) is 7.18. The molecule has 3 heteroatoms. The molecule has 0 unspecified atom stereocenters. The van der Waals surface area contributed by atoms with Crippen LogP contribution in [0.2, 0.25) is 0 Å². The Kier molecular flexibility index (Phi) is 4.65. The van der Waals surface area contributed by atoms with Crippen molar-refractivity contribution in [2.24, 2.45) is 0 Å². The molecule has 18 heavy (non-hydrogen) atoms. The van der Waals surface area contributed by atoms with E-state index in [-0.39, 0.29) is 0 Å². The van der Waals surface area contributed by atoms with E-state index in [1.54, 1.807) is 11.3 Å². The van der Waals surface area contributed by atoms with Crippen LogP contribution >= 0.6 is 11.3 Å². The maximum atomic E-state index is 10.3. The molecule has 0 bridgehead atoms. The van der Waals surface area contributed by atoms with Crippen LogP contribution in [0.1, 0.15) is 30.3 Å². The Morgan fingerprint density at radius 2 is 2.00 bits per heavy atom. The lowest BCUT2D eigenvalue weighted by Gasteiger charge is -2.00. The Hall–Kier alpha value is -1.48. The lowest BCUT2D eigenvalue weighted by molar-refractivity contribution is -0.107. The molecule has 0 spiro atoms. The minimum Gasteiger partial charge on any atom is -0.303 e. The minimum absolute atomic E-state index is 0.558. The number of aromatic nitrogens is 1. The van der Waals surface area contributed by atoms with Crippen molar-refractivity contribution in [3.8, 4) is 11.3 Å². The molecule has 2 nitrogen and oxygen atoms in total. The van der Waals surface area contributed by atoms with Crippen LogP contribution < -0.4 is 0 Å². The highest BCUT2D eigenvalue weighted by atomic mass is 32.1. The van der Waals surface area contributed by atoms with Crippen LogP contribution in [0.15, 0.2) is 29.6 Å². The molecule has 0 aliphatic rings. The van der Waals surface area contributed by atoms with Gasteiger partial charge < -0.3 is 4.79 Å². The third-order valence-electron chi connectivity index (χ3n) is 2.82. The molecular formula is C15H17NOS. The average Bonchev–Trinajstić information content (AvgIpc) is 2.86. The summed E-state index contributed by atoms with van der Waals surface area (Å²) in [5.74, 6) is 0. The first-order valence-electron chi connectivity index (χ1n) is 6.31. The number of rotatable bonds is 6. The summed E-state index contributed by atoms with van der Waals surface area (Å²) in [5, 5.41) is 3.10. The van der Waals surface area contributed by atoms with Crippen molar-refractivity contribution in [2.75, 3.05) is 0 Å². The molecule has 0 aliphatic heterocycles. The van der Waals surface area contributed by atoms with Crippen LogP contribution in [0.5, 0.6) is 0 Å². The summed E-state index contributed by atoms with van der Waals surface area (Å²) in [4.78, 5) is 14.9. The zero-order valence-electron chi connectivity index (χ0n) is 10.6. The Bertz CT molecular complexity index is 501. The standard InChI is InChI=1S/C15H17NOS/c1-2-4-12-6-8-13(9-7-12)14-11-18-15(16-14)5-3-10-17/h6-11H,2-5H2,1H3. The normalized spacial score (nSPS) is 10.5. The summed E-state index contributed by atoms with van der Waals surface area (Å²) in [5.41, 5.74) is 3.55. The molecule has 0 atom stereocenters. The van der Waals surface area contributed by atoms with Gasteiger partial charge in [0, 0.05) is 23.8 Å². The molecule has 0 aliphatic carbocycles. The number of thiazole rings is 1. The van der Waals surface area contributed by atoms with Crippen LogP contribution in [0.4, 0.5) is 0 Å². The van der Waals surface area contributed by atoms with E-state index in [0.717, 1.165) is 35.4 Å². The molecule has 0 N–H and O–H groups in total. The summed E-state index contributed by atoms with van der Waals surface area (Å²) in [6.07, 6.45) is 4.55. The largest absolute Gasteiger partial charge is 0.303 e. The summed E-state index contributed by atoms with van der Waals surface area (Å²) in [6, 6.07) is 8.60. The molecule has 0 amide bonds. The zero-order valence-corrected chi connectivity index (χ0v) is 11.4. The third kappa shape index (κ3) is 3.26. The van der Waals surface area contributed by atoms with E-state index in [9.17, 15) is 4.79 Å². The van der Waals surface area contributed by atoms with Crippen molar-refractivity contribution in [3.05, 3.63) is 40.2 Å². The number of aldehydes is 1. The first-order chi connectivity index (χ1) is 8.83. The van der Waals surface area contributed by atoms with Gasteiger partial charge in [0.15, 0.2) is 0 Å². The summed E-state index contributed by atoms with van der Waals surface area (Å²) >= 11 is 1.63. The van der Waals surface area contributed by atoms with Crippen molar-refractivity contribution in [1.82, 2.24) is 4.98 Å². The quantitative estimate of drug-likeness (QED) is 0.737. The topological polar surface area (TPSA) is 30.0 Å². The van der Waals surface area contributed by atoms with Gasteiger partial charge in [-0.15, -0.1) is 11.3 Å². The SMILES string of the molecule is CCCc1ccc(-c2csc(CCC=O)n2)cc1. The number of nitrogens with zero attached hydrogens (tertiary/aromatic N) is 1. The van der Waals surface area contributed by atoms with Gasteiger partial charge in [0.1, 0.15) is 6.29 Å². The second-order valence-electron chi connectivity index (χ2n) is 4.28. The van der Waals surface area contributed by atoms with E-state index in [2.05, 4.69) is 41.6 Å². The first kappa shape index (κ1) is 13.0. The van der Waals surface area contributed by atoms with Crippen LogP contribution in [-0.2, 0) is 17.6 Å². The fourth-order valence-electron chi connectivity index (χ4n) is 1.87. The van der Waals surface area contributed by atoms with E-state index >= 15 is 0 Å². The van der Waals surface area contributed by atoms with Gasteiger partial charge in [-0.1, -0.05) is 37.6 Å². The molecule has 1 aromatic heterocycles. The maximum Gasteiger partial charge on any atom is 0.120 e. The molecule has 0 fully saturated rings. The van der Waals surface area contributed by atoms with Gasteiger partial charge in [0.05, 0.1) is 10.7 Å². The third-order valence-corrected chi connectivity index (χ3v) is 3.72. The van der Waals surface area contributed by atoms with Crippen LogP contribution in [0.3, 0.4) is 0 Å². The lowest BCUT2D eigenvalue weighted by Crippen LogP contribution is -1.86. The smallest absolute Gasteiger partial charge is 0.120 e. The number of benzene rings is 1. The molecule has 2 aromatic rings. The number of hydrogen-bond acceptors (Lipinski definition) is 3. The number of hydrogen-bond donors (Lipinski definition) is 0. The highest BCUT2D eigenvalue weighted by Crippen LogP contribution is 2.23. The summed E-state index contributed by atoms with van der Waals surface area (Å²) < 4.78 is 0. The highest BCUT2D eigenvalue weighted by molar-refractivity contribution is 7.09. The number of aryl methyl sites for hydroxylation is 2. The van der Waals surface area contributed by atoms with Crippen LogP contribution in [-0.4, -0.2) is 11.3 Å². The fourth-order valence-corrected chi connectivity index (χ4v) is 2.69. The predicted octanol–water partition coefficient (Wildman–Crippen LogP) is 3.89. The van der Waals surface area contributed by atoms with E-state index in [1.165, 1.54) is 12.0 Å². The highest BCUT2D eigenvalue weighted by Gasteiger charge is 2.04. The molecule has 0 radical (unpaired) electrons. The van der Waals surface area contributed by atoms with Gasteiger partial charge in [-0.05, 0) is 12.0 Å². The number of carbonyl (C=O) groups excluding carboxylic acids is 1. The molecule has 94 valence electrons. The van der Waals surface area contributed by atoms with Crippen molar-refractivity contribution in [2.45, 2.75) is 32.6 Å².